The molecule has 1 saturated heterocycles. The summed E-state index contributed by atoms with van der Waals surface area (Å²) < 4.78 is 44.1. The average molecular weight is 447 g/mol. The molecule has 0 unspecified atom stereocenters. The number of morpholine rings is 1. The standard InChI is InChI=1S/C22H26N2O6S/c1-14-15(2)30-21-17(14)5-4-6-18(21)22(25)23-16-7-8-19(28-3)20(13-16)31(26,27)24-9-11-29-12-10-24/h4-8,13-15H,9-12H2,1-3H3,(H,23,25)/t14-,15-/m1/s1. The first kappa shape index (κ1) is 21.6. The highest BCUT2D eigenvalue weighted by atomic mass is 32.2. The van der Waals surface area contributed by atoms with E-state index in [9.17, 15) is 13.2 Å². The minimum absolute atomic E-state index is 0.00600. The molecule has 31 heavy (non-hydrogen) atoms. The van der Waals surface area contributed by atoms with Crippen LogP contribution >= 0.6 is 0 Å². The summed E-state index contributed by atoms with van der Waals surface area (Å²) in [4.78, 5) is 13.0. The first-order valence-corrected chi connectivity index (χ1v) is 11.6. The van der Waals surface area contributed by atoms with Gasteiger partial charge in [0, 0.05) is 30.3 Å². The fourth-order valence-corrected chi connectivity index (χ4v) is 5.43. The molecule has 2 heterocycles. The van der Waals surface area contributed by atoms with Crippen LogP contribution in [0.2, 0.25) is 0 Å². The van der Waals surface area contributed by atoms with E-state index in [1.54, 1.807) is 18.2 Å². The molecule has 0 bridgehead atoms. The van der Waals surface area contributed by atoms with Crippen molar-refractivity contribution in [3.8, 4) is 11.5 Å². The number of carbonyl (C=O) groups excluding carboxylic acids is 1. The lowest BCUT2D eigenvalue weighted by Crippen LogP contribution is -2.40. The van der Waals surface area contributed by atoms with E-state index in [1.807, 2.05) is 19.1 Å². The molecule has 2 atom stereocenters. The maximum absolute atomic E-state index is 13.2. The summed E-state index contributed by atoms with van der Waals surface area (Å²) in [6, 6.07) is 10.1. The Morgan fingerprint density at radius 2 is 1.90 bits per heavy atom. The molecule has 1 N–H and O–H groups in total. The molecule has 166 valence electrons. The molecule has 0 aromatic heterocycles. The van der Waals surface area contributed by atoms with Crippen LogP contribution in [-0.2, 0) is 14.8 Å². The molecule has 0 spiro atoms. The molecule has 1 amide bonds. The van der Waals surface area contributed by atoms with Crippen LogP contribution in [0.25, 0.3) is 0 Å². The van der Waals surface area contributed by atoms with Gasteiger partial charge in [0.25, 0.3) is 5.91 Å². The van der Waals surface area contributed by atoms with Gasteiger partial charge in [-0.2, -0.15) is 4.31 Å². The van der Waals surface area contributed by atoms with E-state index in [4.69, 9.17) is 14.2 Å². The third-order valence-corrected chi connectivity index (χ3v) is 7.72. The summed E-state index contributed by atoms with van der Waals surface area (Å²) in [5, 5.41) is 2.80. The van der Waals surface area contributed by atoms with Gasteiger partial charge in [0.2, 0.25) is 10.0 Å². The molecule has 0 radical (unpaired) electrons. The Morgan fingerprint density at radius 1 is 1.16 bits per heavy atom. The summed E-state index contributed by atoms with van der Waals surface area (Å²) >= 11 is 0. The van der Waals surface area contributed by atoms with Crippen molar-refractivity contribution in [1.82, 2.24) is 4.31 Å². The number of amides is 1. The number of para-hydroxylation sites is 1. The number of methoxy groups -OCH3 is 1. The monoisotopic (exact) mass is 446 g/mol. The SMILES string of the molecule is COc1ccc(NC(=O)c2cccc3c2O[C@H](C)[C@H]3C)cc1S(=O)(=O)N1CCOCC1. The van der Waals surface area contributed by atoms with Gasteiger partial charge < -0.3 is 19.5 Å². The smallest absolute Gasteiger partial charge is 0.259 e. The second-order valence-electron chi connectivity index (χ2n) is 7.67. The van der Waals surface area contributed by atoms with Crippen molar-refractivity contribution >= 4 is 21.6 Å². The van der Waals surface area contributed by atoms with Crippen LogP contribution in [0.15, 0.2) is 41.3 Å². The molecule has 2 aliphatic rings. The Kier molecular flexibility index (Phi) is 5.92. The van der Waals surface area contributed by atoms with Gasteiger partial charge in [-0.1, -0.05) is 19.1 Å². The Balaban J connectivity index is 1.64. The summed E-state index contributed by atoms with van der Waals surface area (Å²) in [6.07, 6.45) is -0.0183. The van der Waals surface area contributed by atoms with Crippen LogP contribution in [0, 0.1) is 0 Å². The van der Waals surface area contributed by atoms with Gasteiger partial charge in [0.05, 0.1) is 25.9 Å². The number of ether oxygens (including phenoxy) is 3. The van der Waals surface area contributed by atoms with Crippen molar-refractivity contribution < 1.29 is 27.4 Å². The van der Waals surface area contributed by atoms with Crippen molar-refractivity contribution in [2.24, 2.45) is 0 Å². The van der Waals surface area contributed by atoms with E-state index in [0.717, 1.165) is 5.56 Å². The van der Waals surface area contributed by atoms with Crippen LogP contribution in [0.4, 0.5) is 5.69 Å². The van der Waals surface area contributed by atoms with Crippen LogP contribution in [0.1, 0.15) is 35.7 Å². The molecule has 2 aromatic rings. The fourth-order valence-electron chi connectivity index (χ4n) is 3.85. The van der Waals surface area contributed by atoms with E-state index in [0.29, 0.717) is 30.2 Å². The van der Waals surface area contributed by atoms with E-state index < -0.39 is 10.0 Å². The van der Waals surface area contributed by atoms with Crippen molar-refractivity contribution in [2.75, 3.05) is 38.7 Å². The molecule has 1 fully saturated rings. The minimum Gasteiger partial charge on any atom is -0.495 e. The predicted octanol–water partition coefficient (Wildman–Crippen LogP) is 2.85. The lowest BCUT2D eigenvalue weighted by molar-refractivity contribution is 0.0729. The zero-order valence-electron chi connectivity index (χ0n) is 17.8. The fraction of sp³-hybridized carbons (Fsp3) is 0.409. The van der Waals surface area contributed by atoms with Crippen molar-refractivity contribution in [2.45, 2.75) is 30.8 Å². The van der Waals surface area contributed by atoms with E-state index >= 15 is 0 Å². The molecule has 2 aromatic carbocycles. The maximum atomic E-state index is 13.2. The number of nitrogens with zero attached hydrogens (tertiary/aromatic N) is 1. The number of benzene rings is 2. The second kappa shape index (κ2) is 8.49. The zero-order valence-corrected chi connectivity index (χ0v) is 18.6. The number of fused-ring (bicyclic) bond motifs is 1. The molecular formula is C22H26N2O6S. The second-order valence-corrected chi connectivity index (χ2v) is 9.58. The Hall–Kier alpha value is -2.62. The number of hydrogen-bond acceptors (Lipinski definition) is 6. The summed E-state index contributed by atoms with van der Waals surface area (Å²) in [5.74, 6) is 0.623. The number of carbonyl (C=O) groups is 1. The molecule has 0 saturated carbocycles. The molecule has 2 aliphatic heterocycles. The Labute approximate surface area is 182 Å². The zero-order chi connectivity index (χ0) is 22.2. The van der Waals surface area contributed by atoms with Gasteiger partial charge in [-0.15, -0.1) is 0 Å². The van der Waals surface area contributed by atoms with Gasteiger partial charge in [0.15, 0.2) is 0 Å². The minimum atomic E-state index is -3.80. The van der Waals surface area contributed by atoms with Crippen LogP contribution < -0.4 is 14.8 Å². The van der Waals surface area contributed by atoms with Gasteiger partial charge in [-0.25, -0.2) is 8.42 Å². The van der Waals surface area contributed by atoms with Crippen LogP contribution in [0.5, 0.6) is 11.5 Å². The molecule has 9 heteroatoms. The number of rotatable bonds is 5. The number of anilines is 1. The van der Waals surface area contributed by atoms with E-state index in [2.05, 4.69) is 12.2 Å². The maximum Gasteiger partial charge on any atom is 0.259 e. The van der Waals surface area contributed by atoms with Crippen LogP contribution in [-0.4, -0.2) is 58.1 Å². The number of nitrogens with one attached hydrogen (secondary N) is 1. The van der Waals surface area contributed by atoms with Crippen LogP contribution in [0.3, 0.4) is 0 Å². The highest BCUT2D eigenvalue weighted by molar-refractivity contribution is 7.89. The lowest BCUT2D eigenvalue weighted by Gasteiger charge is -2.26. The van der Waals surface area contributed by atoms with Crippen molar-refractivity contribution in [1.29, 1.82) is 0 Å². The lowest BCUT2D eigenvalue weighted by atomic mass is 9.97. The first-order chi connectivity index (χ1) is 14.8. The van der Waals surface area contributed by atoms with E-state index in [-0.39, 0.29) is 41.7 Å². The van der Waals surface area contributed by atoms with Gasteiger partial charge >= 0.3 is 0 Å². The van der Waals surface area contributed by atoms with Gasteiger partial charge in [0.1, 0.15) is 22.5 Å². The molecule has 8 nitrogen and oxygen atoms in total. The summed E-state index contributed by atoms with van der Waals surface area (Å²) in [6.45, 7) is 5.25. The predicted molar refractivity (Wildman–Crippen MR) is 115 cm³/mol. The molecule has 4 rings (SSSR count). The quantitative estimate of drug-likeness (QED) is 0.759. The topological polar surface area (TPSA) is 94.2 Å². The van der Waals surface area contributed by atoms with Crippen molar-refractivity contribution in [3.63, 3.8) is 0 Å². The summed E-state index contributed by atoms with van der Waals surface area (Å²) in [7, 11) is -2.38. The summed E-state index contributed by atoms with van der Waals surface area (Å²) in [5.41, 5.74) is 1.77. The largest absolute Gasteiger partial charge is 0.495 e. The third kappa shape index (κ3) is 4.00. The Morgan fingerprint density at radius 3 is 2.61 bits per heavy atom. The molecule has 0 aliphatic carbocycles. The number of hydrogen-bond donors (Lipinski definition) is 1. The van der Waals surface area contributed by atoms with Crippen molar-refractivity contribution in [3.05, 3.63) is 47.5 Å². The third-order valence-electron chi connectivity index (χ3n) is 5.80. The average Bonchev–Trinajstić information content (AvgIpc) is 3.08. The molecular weight excluding hydrogens is 420 g/mol. The normalized spacial score (nSPS) is 21.3. The number of sulfonamides is 1. The van der Waals surface area contributed by atoms with E-state index in [1.165, 1.54) is 17.5 Å². The highest BCUT2D eigenvalue weighted by Gasteiger charge is 2.32. The first-order valence-electron chi connectivity index (χ1n) is 10.2. The highest BCUT2D eigenvalue weighted by Crippen LogP contribution is 2.40. The van der Waals surface area contributed by atoms with Gasteiger partial charge in [-0.3, -0.25) is 4.79 Å². The Bertz CT molecular complexity index is 1100. The van der Waals surface area contributed by atoms with Gasteiger partial charge in [-0.05, 0) is 31.2 Å².